The van der Waals surface area contributed by atoms with Crippen LogP contribution in [0.4, 0.5) is 11.4 Å². The van der Waals surface area contributed by atoms with Gasteiger partial charge < -0.3 is 10.6 Å². The second-order valence-corrected chi connectivity index (χ2v) is 4.72. The summed E-state index contributed by atoms with van der Waals surface area (Å²) in [4.78, 5) is 24.5. The van der Waals surface area contributed by atoms with Crippen molar-refractivity contribution in [3.8, 4) is 0 Å². The first kappa shape index (κ1) is 13.8. The van der Waals surface area contributed by atoms with Crippen LogP contribution in [-0.2, 0) is 4.79 Å². The number of anilines is 2. The van der Waals surface area contributed by atoms with Gasteiger partial charge in [0.25, 0.3) is 0 Å². The number of amides is 1. The van der Waals surface area contributed by atoms with Crippen LogP contribution >= 0.6 is 0 Å². The summed E-state index contributed by atoms with van der Waals surface area (Å²) in [5.74, 6) is -0.0827. The quantitative estimate of drug-likeness (QED) is 0.526. The number of carbonyl (C=O) groups excluding carboxylic acids is 2. The van der Waals surface area contributed by atoms with Crippen molar-refractivity contribution in [3.63, 3.8) is 0 Å². The smallest absolute Gasteiger partial charge is 0.213 e. The van der Waals surface area contributed by atoms with Crippen molar-refractivity contribution in [2.45, 2.75) is 6.92 Å². The molecular weight excluding hydrogens is 252 g/mol. The number of aryl methyl sites for hydroxylation is 1. The summed E-state index contributed by atoms with van der Waals surface area (Å²) in [6, 6.07) is 12.2. The molecule has 0 aliphatic carbocycles. The topological polar surface area (TPSA) is 63.4 Å². The summed E-state index contributed by atoms with van der Waals surface area (Å²) in [7, 11) is 1.66. The Morgan fingerprint density at radius 2 is 1.75 bits per heavy atom. The molecule has 2 rings (SSSR count). The lowest BCUT2D eigenvalue weighted by atomic mass is 10.0. The van der Waals surface area contributed by atoms with Gasteiger partial charge in [-0.15, -0.1) is 0 Å². The first-order valence-electron chi connectivity index (χ1n) is 6.21. The standard InChI is InChI=1S/C16H16N2O2/c1-11-7-13(9-14(17)8-11)16(20)12-3-5-15(6-4-12)18(2)10-19/h3-10H,17H2,1-2H3. The maximum atomic E-state index is 12.4. The molecule has 2 N–H and O–H groups in total. The Balaban J connectivity index is 2.31. The average molecular weight is 268 g/mol. The van der Waals surface area contributed by atoms with Gasteiger partial charge in [0.05, 0.1) is 0 Å². The molecule has 1 amide bonds. The van der Waals surface area contributed by atoms with Crippen LogP contribution in [0.25, 0.3) is 0 Å². The first-order chi connectivity index (χ1) is 9.51. The third-order valence-electron chi connectivity index (χ3n) is 3.06. The van der Waals surface area contributed by atoms with Gasteiger partial charge in [-0.2, -0.15) is 0 Å². The highest BCUT2D eigenvalue weighted by Crippen LogP contribution is 2.18. The minimum absolute atomic E-state index is 0.0827. The zero-order chi connectivity index (χ0) is 14.7. The molecule has 20 heavy (non-hydrogen) atoms. The molecule has 0 aliphatic heterocycles. The SMILES string of the molecule is Cc1cc(N)cc(C(=O)c2ccc(N(C)C=O)cc2)c1. The summed E-state index contributed by atoms with van der Waals surface area (Å²) >= 11 is 0. The summed E-state index contributed by atoms with van der Waals surface area (Å²) < 4.78 is 0. The highest BCUT2D eigenvalue weighted by atomic mass is 16.1. The number of nitrogen functional groups attached to an aromatic ring is 1. The van der Waals surface area contributed by atoms with E-state index in [2.05, 4.69) is 0 Å². The van der Waals surface area contributed by atoms with Gasteiger partial charge in [-0.05, 0) is 55.0 Å². The van der Waals surface area contributed by atoms with Gasteiger partial charge in [-0.1, -0.05) is 0 Å². The Labute approximate surface area is 117 Å². The molecule has 0 fully saturated rings. The molecule has 0 saturated carbocycles. The van der Waals surface area contributed by atoms with E-state index in [1.807, 2.05) is 19.1 Å². The third kappa shape index (κ3) is 2.85. The molecule has 0 radical (unpaired) electrons. The van der Waals surface area contributed by atoms with E-state index in [9.17, 15) is 9.59 Å². The number of benzene rings is 2. The maximum Gasteiger partial charge on any atom is 0.213 e. The van der Waals surface area contributed by atoms with Crippen molar-refractivity contribution >= 4 is 23.6 Å². The monoisotopic (exact) mass is 268 g/mol. The molecule has 2 aromatic rings. The highest BCUT2D eigenvalue weighted by molar-refractivity contribution is 6.09. The molecule has 0 aromatic heterocycles. The predicted octanol–water partition coefficient (Wildman–Crippen LogP) is 2.40. The predicted molar refractivity (Wildman–Crippen MR) is 79.9 cm³/mol. The summed E-state index contributed by atoms with van der Waals surface area (Å²) in [6.45, 7) is 1.90. The number of hydrogen-bond donors (Lipinski definition) is 1. The number of carbonyl (C=O) groups is 2. The van der Waals surface area contributed by atoms with E-state index in [-0.39, 0.29) is 5.78 Å². The molecule has 0 bridgehead atoms. The summed E-state index contributed by atoms with van der Waals surface area (Å²) in [5, 5.41) is 0. The zero-order valence-corrected chi connectivity index (χ0v) is 11.5. The number of ketones is 1. The van der Waals surface area contributed by atoms with Crippen LogP contribution in [0, 0.1) is 6.92 Å². The van der Waals surface area contributed by atoms with E-state index in [0.29, 0.717) is 16.8 Å². The van der Waals surface area contributed by atoms with Crippen LogP contribution in [0.15, 0.2) is 42.5 Å². The molecule has 0 aliphatic rings. The first-order valence-corrected chi connectivity index (χ1v) is 6.21. The van der Waals surface area contributed by atoms with Crippen LogP contribution < -0.4 is 10.6 Å². The fourth-order valence-corrected chi connectivity index (χ4v) is 2.02. The van der Waals surface area contributed by atoms with Crippen LogP contribution in [0.1, 0.15) is 21.5 Å². The Morgan fingerprint density at radius 3 is 2.30 bits per heavy atom. The molecule has 4 heteroatoms. The molecule has 0 heterocycles. The van der Waals surface area contributed by atoms with Gasteiger partial charge in [0.15, 0.2) is 5.78 Å². The van der Waals surface area contributed by atoms with Crippen molar-refractivity contribution in [2.75, 3.05) is 17.7 Å². The van der Waals surface area contributed by atoms with Crippen molar-refractivity contribution in [3.05, 3.63) is 59.2 Å². The number of hydrogen-bond acceptors (Lipinski definition) is 3. The van der Waals surface area contributed by atoms with E-state index < -0.39 is 0 Å². The summed E-state index contributed by atoms with van der Waals surface area (Å²) in [6.07, 6.45) is 0.720. The molecule has 2 aromatic carbocycles. The van der Waals surface area contributed by atoms with Gasteiger partial charge in [-0.3, -0.25) is 9.59 Å². The fourth-order valence-electron chi connectivity index (χ4n) is 2.02. The fraction of sp³-hybridized carbons (Fsp3) is 0.125. The van der Waals surface area contributed by atoms with Crippen LogP contribution in [0.5, 0.6) is 0 Å². The normalized spacial score (nSPS) is 10.1. The van der Waals surface area contributed by atoms with Gasteiger partial charge >= 0.3 is 0 Å². The van der Waals surface area contributed by atoms with E-state index >= 15 is 0 Å². The van der Waals surface area contributed by atoms with Crippen LogP contribution in [0.2, 0.25) is 0 Å². The van der Waals surface area contributed by atoms with Crippen molar-refractivity contribution in [1.29, 1.82) is 0 Å². The lowest BCUT2D eigenvalue weighted by Gasteiger charge is -2.11. The van der Waals surface area contributed by atoms with E-state index in [0.717, 1.165) is 17.7 Å². The van der Waals surface area contributed by atoms with Gasteiger partial charge in [0.2, 0.25) is 6.41 Å². The van der Waals surface area contributed by atoms with E-state index in [1.165, 1.54) is 4.90 Å². The Kier molecular flexibility index (Phi) is 3.84. The Bertz CT molecular complexity index is 628. The van der Waals surface area contributed by atoms with Crippen molar-refractivity contribution < 1.29 is 9.59 Å². The second kappa shape index (κ2) is 5.57. The van der Waals surface area contributed by atoms with Crippen molar-refractivity contribution in [1.82, 2.24) is 0 Å². The van der Waals surface area contributed by atoms with E-state index in [4.69, 9.17) is 5.73 Å². The number of nitrogens with zero attached hydrogens (tertiary/aromatic N) is 1. The molecule has 0 spiro atoms. The van der Waals surface area contributed by atoms with Crippen molar-refractivity contribution in [2.24, 2.45) is 0 Å². The Morgan fingerprint density at radius 1 is 1.10 bits per heavy atom. The number of rotatable bonds is 4. The summed E-state index contributed by atoms with van der Waals surface area (Å²) in [5.41, 5.74) is 9.16. The lowest BCUT2D eigenvalue weighted by molar-refractivity contribution is -0.107. The highest BCUT2D eigenvalue weighted by Gasteiger charge is 2.10. The Hall–Kier alpha value is -2.62. The molecule has 0 saturated heterocycles. The van der Waals surface area contributed by atoms with Gasteiger partial charge in [0, 0.05) is 29.5 Å². The largest absolute Gasteiger partial charge is 0.399 e. The minimum Gasteiger partial charge on any atom is -0.399 e. The maximum absolute atomic E-state index is 12.4. The van der Waals surface area contributed by atoms with Gasteiger partial charge in [-0.25, -0.2) is 0 Å². The van der Waals surface area contributed by atoms with Crippen LogP contribution in [-0.4, -0.2) is 19.2 Å². The lowest BCUT2D eigenvalue weighted by Crippen LogP contribution is -2.13. The zero-order valence-electron chi connectivity index (χ0n) is 11.5. The third-order valence-corrected chi connectivity index (χ3v) is 3.06. The van der Waals surface area contributed by atoms with Crippen LogP contribution in [0.3, 0.4) is 0 Å². The molecule has 4 nitrogen and oxygen atoms in total. The van der Waals surface area contributed by atoms with Gasteiger partial charge in [0.1, 0.15) is 0 Å². The van der Waals surface area contributed by atoms with E-state index in [1.54, 1.807) is 37.4 Å². The molecule has 0 unspecified atom stereocenters. The average Bonchev–Trinajstić information content (AvgIpc) is 2.45. The molecule has 102 valence electrons. The minimum atomic E-state index is -0.0827. The molecular formula is C16H16N2O2. The number of nitrogens with two attached hydrogens (primary N) is 1. The molecule has 0 atom stereocenters. The second-order valence-electron chi connectivity index (χ2n) is 4.72.